The fraction of sp³-hybridized carbons (Fsp3) is 0.448. The first-order valence-electron chi connectivity index (χ1n) is 12.6. The number of benzene rings is 2. The Morgan fingerprint density at radius 1 is 0.972 bits per heavy atom. The predicted molar refractivity (Wildman–Crippen MR) is 135 cm³/mol. The van der Waals surface area contributed by atoms with Gasteiger partial charge in [-0.2, -0.15) is 0 Å². The molecule has 5 rings (SSSR count). The van der Waals surface area contributed by atoms with Gasteiger partial charge in [-0.15, -0.1) is 0 Å². The third-order valence-electron chi connectivity index (χ3n) is 8.25. The third kappa shape index (κ3) is 3.32. The van der Waals surface area contributed by atoms with Crippen molar-refractivity contribution >= 4 is 23.6 Å². The lowest BCUT2D eigenvalue weighted by Crippen LogP contribution is -2.68. The Kier molecular flexibility index (Phi) is 5.58. The van der Waals surface area contributed by atoms with Crippen LogP contribution in [0.25, 0.3) is 0 Å². The molecule has 0 spiro atoms. The summed E-state index contributed by atoms with van der Waals surface area (Å²) in [5.74, 6) is -2.82. The van der Waals surface area contributed by atoms with E-state index in [0.29, 0.717) is 5.56 Å². The number of carbonyl (C=O) groups is 4. The highest BCUT2D eigenvalue weighted by Gasteiger charge is 2.74. The molecule has 36 heavy (non-hydrogen) atoms. The smallest absolute Gasteiger partial charge is 0.255 e. The maximum Gasteiger partial charge on any atom is 0.255 e. The molecular formula is C29H33N3O4. The number of hydrogen-bond acceptors (Lipinski definition) is 4. The number of amides is 4. The van der Waals surface area contributed by atoms with Crippen molar-refractivity contribution in [2.24, 2.45) is 11.8 Å². The quantitative estimate of drug-likeness (QED) is 0.621. The van der Waals surface area contributed by atoms with Crippen LogP contribution < -0.4 is 0 Å². The second-order valence-electron chi connectivity index (χ2n) is 11.3. The molecule has 7 nitrogen and oxygen atoms in total. The number of nitrogens with zero attached hydrogens (tertiary/aromatic N) is 3. The summed E-state index contributed by atoms with van der Waals surface area (Å²) in [7, 11) is 1.69. The van der Waals surface area contributed by atoms with E-state index in [0.717, 1.165) is 11.1 Å². The van der Waals surface area contributed by atoms with Crippen molar-refractivity contribution in [1.29, 1.82) is 0 Å². The van der Waals surface area contributed by atoms with Crippen LogP contribution in [0, 0.1) is 11.8 Å². The van der Waals surface area contributed by atoms with Gasteiger partial charge in [0.1, 0.15) is 5.54 Å². The molecule has 0 radical (unpaired) electrons. The number of likely N-dealkylation sites (N-methyl/N-ethyl adjacent to an activating group) is 1. The first-order chi connectivity index (χ1) is 17.0. The van der Waals surface area contributed by atoms with E-state index in [1.54, 1.807) is 29.0 Å². The zero-order valence-corrected chi connectivity index (χ0v) is 21.5. The molecule has 4 amide bonds. The van der Waals surface area contributed by atoms with Crippen molar-refractivity contribution in [2.75, 3.05) is 13.6 Å². The largest absolute Gasteiger partial charge is 0.342 e. The molecule has 4 atom stereocenters. The SMILES string of the molecule is CC[C@]12C(=O)N(C)CC(C3C(=O)N(Cc4ccccc4)C(=O)C31)N2C(=O)c1ccc(C(C)(C)C)cc1. The zero-order chi connectivity index (χ0) is 26.0. The summed E-state index contributed by atoms with van der Waals surface area (Å²) in [6.07, 6.45) is 0.262. The van der Waals surface area contributed by atoms with Crippen LogP contribution >= 0.6 is 0 Å². The Bertz CT molecular complexity index is 1230. The Balaban J connectivity index is 1.55. The van der Waals surface area contributed by atoms with Gasteiger partial charge in [-0.3, -0.25) is 24.1 Å². The van der Waals surface area contributed by atoms with Gasteiger partial charge >= 0.3 is 0 Å². The minimum absolute atomic E-state index is 0.0624. The summed E-state index contributed by atoms with van der Waals surface area (Å²) in [6, 6.07) is 16.3. The second-order valence-corrected chi connectivity index (χ2v) is 11.3. The van der Waals surface area contributed by atoms with Crippen molar-refractivity contribution in [3.05, 3.63) is 71.3 Å². The summed E-state index contributed by atoms with van der Waals surface area (Å²) >= 11 is 0. The van der Waals surface area contributed by atoms with Crippen molar-refractivity contribution in [3.63, 3.8) is 0 Å². The van der Waals surface area contributed by atoms with E-state index in [1.807, 2.05) is 49.4 Å². The van der Waals surface area contributed by atoms with Crippen LogP contribution in [0.3, 0.4) is 0 Å². The average Bonchev–Trinajstić information content (AvgIpc) is 3.25. The minimum atomic E-state index is -1.37. The van der Waals surface area contributed by atoms with Crippen LogP contribution in [0.4, 0.5) is 0 Å². The molecule has 3 saturated heterocycles. The summed E-state index contributed by atoms with van der Waals surface area (Å²) in [6.45, 7) is 8.55. The number of rotatable bonds is 4. The van der Waals surface area contributed by atoms with Gasteiger partial charge in [0.2, 0.25) is 17.7 Å². The molecule has 0 N–H and O–H groups in total. The van der Waals surface area contributed by atoms with E-state index in [2.05, 4.69) is 20.8 Å². The highest BCUT2D eigenvalue weighted by Crippen LogP contribution is 2.54. The maximum atomic E-state index is 14.0. The highest BCUT2D eigenvalue weighted by molar-refractivity contribution is 6.13. The van der Waals surface area contributed by atoms with Gasteiger partial charge in [0, 0.05) is 19.2 Å². The Morgan fingerprint density at radius 2 is 1.61 bits per heavy atom. The number of piperazine rings is 1. The monoisotopic (exact) mass is 487 g/mol. The van der Waals surface area contributed by atoms with Crippen LogP contribution in [0.5, 0.6) is 0 Å². The zero-order valence-electron chi connectivity index (χ0n) is 21.5. The Morgan fingerprint density at radius 3 is 2.19 bits per heavy atom. The molecule has 0 aromatic heterocycles. The molecule has 0 saturated carbocycles. The summed E-state index contributed by atoms with van der Waals surface area (Å²) in [5.41, 5.74) is 0.975. The molecule has 2 bridgehead atoms. The molecule has 3 aliphatic heterocycles. The van der Waals surface area contributed by atoms with Crippen molar-refractivity contribution in [2.45, 2.75) is 57.7 Å². The van der Waals surface area contributed by atoms with Gasteiger partial charge in [-0.1, -0.05) is 70.2 Å². The minimum Gasteiger partial charge on any atom is -0.342 e. The molecule has 2 aromatic carbocycles. The molecule has 3 fully saturated rings. The topological polar surface area (TPSA) is 78.0 Å². The van der Waals surface area contributed by atoms with Gasteiger partial charge in [0.15, 0.2) is 0 Å². The molecule has 3 aliphatic rings. The summed E-state index contributed by atoms with van der Waals surface area (Å²) < 4.78 is 0. The molecule has 3 unspecified atom stereocenters. The van der Waals surface area contributed by atoms with E-state index in [-0.39, 0.29) is 48.6 Å². The lowest BCUT2D eigenvalue weighted by Gasteiger charge is -2.48. The molecule has 3 heterocycles. The Labute approximate surface area is 212 Å². The molecule has 2 aromatic rings. The van der Waals surface area contributed by atoms with Gasteiger partial charge in [0.05, 0.1) is 24.4 Å². The number of imide groups is 1. The van der Waals surface area contributed by atoms with Crippen molar-refractivity contribution in [3.8, 4) is 0 Å². The number of carbonyl (C=O) groups excluding carboxylic acids is 4. The van der Waals surface area contributed by atoms with Crippen LogP contribution in [-0.2, 0) is 26.3 Å². The standard InChI is InChI=1S/C29H33N3O4/c1-6-29-23-22(25(34)31(26(23)35)16-18-10-8-7-9-11-18)21(17-30(5)27(29)36)32(29)24(33)19-12-14-20(15-13-19)28(2,3)4/h7-15,21-23H,6,16-17H2,1-5H3/t21?,22?,23?,29-/m1/s1. The summed E-state index contributed by atoms with van der Waals surface area (Å²) in [5, 5.41) is 0. The fourth-order valence-corrected chi connectivity index (χ4v) is 6.42. The first-order valence-corrected chi connectivity index (χ1v) is 12.6. The van der Waals surface area contributed by atoms with E-state index in [1.165, 1.54) is 4.90 Å². The van der Waals surface area contributed by atoms with Crippen LogP contribution in [0.15, 0.2) is 54.6 Å². The van der Waals surface area contributed by atoms with Gasteiger partial charge < -0.3 is 9.80 Å². The van der Waals surface area contributed by atoms with Gasteiger partial charge in [-0.25, -0.2) is 0 Å². The van der Waals surface area contributed by atoms with Gasteiger partial charge in [-0.05, 0) is 35.1 Å². The molecule has 188 valence electrons. The van der Waals surface area contributed by atoms with E-state index < -0.39 is 23.4 Å². The van der Waals surface area contributed by atoms with E-state index in [9.17, 15) is 19.2 Å². The lowest BCUT2D eigenvalue weighted by molar-refractivity contribution is -0.155. The molecule has 7 heteroatoms. The molecular weight excluding hydrogens is 454 g/mol. The first kappa shape index (κ1) is 24.2. The van der Waals surface area contributed by atoms with Crippen molar-refractivity contribution < 1.29 is 19.2 Å². The summed E-state index contributed by atoms with van der Waals surface area (Å²) in [4.78, 5) is 59.7. The fourth-order valence-electron chi connectivity index (χ4n) is 6.42. The van der Waals surface area contributed by atoms with E-state index in [4.69, 9.17) is 0 Å². The Hall–Kier alpha value is -3.48. The van der Waals surface area contributed by atoms with E-state index >= 15 is 0 Å². The highest BCUT2D eigenvalue weighted by atomic mass is 16.2. The maximum absolute atomic E-state index is 14.0. The third-order valence-corrected chi connectivity index (χ3v) is 8.25. The normalized spacial score (nSPS) is 27.6. The number of fused-ring (bicyclic) bond motifs is 5. The van der Waals surface area contributed by atoms with Crippen LogP contribution in [0.2, 0.25) is 0 Å². The van der Waals surface area contributed by atoms with Crippen LogP contribution in [-0.4, -0.2) is 63.5 Å². The van der Waals surface area contributed by atoms with Crippen LogP contribution in [0.1, 0.15) is 55.6 Å². The predicted octanol–water partition coefficient (Wildman–Crippen LogP) is 3.23. The number of likely N-dealkylation sites (tertiary alicyclic amines) is 2. The average molecular weight is 488 g/mol. The molecule has 0 aliphatic carbocycles. The lowest BCUT2D eigenvalue weighted by atomic mass is 9.78. The van der Waals surface area contributed by atoms with Gasteiger partial charge in [0.25, 0.3) is 5.91 Å². The number of hydrogen-bond donors (Lipinski definition) is 0. The van der Waals surface area contributed by atoms with Crippen molar-refractivity contribution in [1.82, 2.24) is 14.7 Å². The second kappa shape index (κ2) is 8.29.